The molecule has 0 aromatic carbocycles. The lowest BCUT2D eigenvalue weighted by Gasteiger charge is -2.36. The van der Waals surface area contributed by atoms with Crippen LogP contribution < -0.4 is 16.0 Å². The van der Waals surface area contributed by atoms with Crippen molar-refractivity contribution in [1.82, 2.24) is 29.5 Å². The standard InChI is InChI=1S/C23H35N9/c1-5-6-9-25-23-28-20(24)22-27-15-19(32(22)29-23)13-17-12-16(2)21(26-14-17)31-10-7-18(8-11-31)30(3)4/h12,14-15,18H,5-11,13H2,1-4H3,(H3,24,25,28,29). The van der Waals surface area contributed by atoms with Gasteiger partial charge in [-0.3, -0.25) is 0 Å². The molecule has 0 unspecified atom stereocenters. The number of nitrogens with zero attached hydrogens (tertiary/aromatic N) is 7. The van der Waals surface area contributed by atoms with E-state index in [4.69, 9.17) is 10.7 Å². The highest BCUT2D eigenvalue weighted by atomic mass is 15.3. The van der Waals surface area contributed by atoms with E-state index in [0.29, 0.717) is 29.9 Å². The van der Waals surface area contributed by atoms with Gasteiger partial charge in [-0.05, 0) is 51.4 Å². The first-order valence-electron chi connectivity index (χ1n) is 11.6. The first kappa shape index (κ1) is 22.3. The Kier molecular flexibility index (Phi) is 6.74. The van der Waals surface area contributed by atoms with Gasteiger partial charge >= 0.3 is 0 Å². The SMILES string of the molecule is CCCCNc1nc(N)c2ncc(Cc3cnc(N4CCC(N(C)C)CC4)c(C)c3)n2n1. The number of aromatic nitrogens is 5. The van der Waals surface area contributed by atoms with Crippen molar-refractivity contribution >= 4 is 23.2 Å². The molecule has 4 heterocycles. The Labute approximate surface area is 190 Å². The predicted molar refractivity (Wildman–Crippen MR) is 129 cm³/mol. The summed E-state index contributed by atoms with van der Waals surface area (Å²) in [6.45, 7) is 7.22. The smallest absolute Gasteiger partial charge is 0.243 e. The van der Waals surface area contributed by atoms with E-state index < -0.39 is 0 Å². The molecule has 0 atom stereocenters. The molecular weight excluding hydrogens is 402 g/mol. The normalized spacial score (nSPS) is 15.1. The van der Waals surface area contributed by atoms with Crippen LogP contribution in [0.5, 0.6) is 0 Å². The number of nitrogen functional groups attached to an aromatic ring is 1. The molecule has 0 spiro atoms. The molecule has 4 rings (SSSR count). The topological polar surface area (TPSA) is 100 Å². The number of imidazole rings is 1. The van der Waals surface area contributed by atoms with E-state index >= 15 is 0 Å². The third-order valence-electron chi connectivity index (χ3n) is 6.26. The summed E-state index contributed by atoms with van der Waals surface area (Å²) >= 11 is 0. The number of piperidine rings is 1. The maximum absolute atomic E-state index is 6.13. The van der Waals surface area contributed by atoms with E-state index in [-0.39, 0.29) is 0 Å². The summed E-state index contributed by atoms with van der Waals surface area (Å²) in [5, 5.41) is 7.87. The number of aryl methyl sites for hydroxylation is 1. The van der Waals surface area contributed by atoms with Gasteiger partial charge in [0.15, 0.2) is 11.5 Å². The summed E-state index contributed by atoms with van der Waals surface area (Å²) < 4.78 is 1.80. The van der Waals surface area contributed by atoms with Crippen molar-refractivity contribution in [1.29, 1.82) is 0 Å². The fourth-order valence-corrected chi connectivity index (χ4v) is 4.38. The molecule has 3 aromatic heterocycles. The zero-order valence-electron chi connectivity index (χ0n) is 19.7. The number of nitrogens with one attached hydrogen (secondary N) is 1. The second-order valence-electron chi connectivity index (χ2n) is 8.93. The van der Waals surface area contributed by atoms with Gasteiger partial charge in [0.2, 0.25) is 5.95 Å². The van der Waals surface area contributed by atoms with Crippen molar-refractivity contribution in [3.05, 3.63) is 35.3 Å². The Morgan fingerprint density at radius 3 is 2.66 bits per heavy atom. The highest BCUT2D eigenvalue weighted by molar-refractivity contribution is 5.61. The second kappa shape index (κ2) is 9.68. The lowest BCUT2D eigenvalue weighted by Crippen LogP contribution is -2.42. The Balaban J connectivity index is 1.50. The first-order chi connectivity index (χ1) is 15.5. The molecule has 9 nitrogen and oxygen atoms in total. The fourth-order valence-electron chi connectivity index (χ4n) is 4.38. The first-order valence-corrected chi connectivity index (χ1v) is 11.6. The van der Waals surface area contributed by atoms with E-state index in [1.807, 2.05) is 12.4 Å². The van der Waals surface area contributed by atoms with Crippen LogP contribution in [0.25, 0.3) is 5.65 Å². The number of nitrogens with two attached hydrogens (primary N) is 1. The average Bonchev–Trinajstić information content (AvgIpc) is 3.17. The van der Waals surface area contributed by atoms with Gasteiger partial charge in [0.05, 0.1) is 11.9 Å². The van der Waals surface area contributed by atoms with E-state index in [1.165, 1.54) is 18.4 Å². The van der Waals surface area contributed by atoms with Crippen LogP contribution in [-0.2, 0) is 6.42 Å². The van der Waals surface area contributed by atoms with Gasteiger partial charge < -0.3 is 20.9 Å². The van der Waals surface area contributed by atoms with Crippen molar-refractivity contribution in [2.75, 3.05) is 49.7 Å². The molecular formula is C23H35N9. The van der Waals surface area contributed by atoms with E-state index in [9.17, 15) is 0 Å². The molecule has 1 aliphatic heterocycles. The van der Waals surface area contributed by atoms with Crippen LogP contribution in [0.1, 0.15) is 49.4 Å². The molecule has 3 aromatic rings. The largest absolute Gasteiger partial charge is 0.380 e. The number of hydrogen-bond acceptors (Lipinski definition) is 8. The van der Waals surface area contributed by atoms with Crippen molar-refractivity contribution in [2.24, 2.45) is 0 Å². The quantitative estimate of drug-likeness (QED) is 0.519. The van der Waals surface area contributed by atoms with Crippen LogP contribution in [0, 0.1) is 6.92 Å². The van der Waals surface area contributed by atoms with Gasteiger partial charge in [-0.25, -0.2) is 14.5 Å². The molecule has 1 aliphatic rings. The number of pyridine rings is 1. The molecule has 1 saturated heterocycles. The third-order valence-corrected chi connectivity index (χ3v) is 6.26. The minimum atomic E-state index is 0.385. The van der Waals surface area contributed by atoms with Crippen LogP contribution in [0.4, 0.5) is 17.6 Å². The summed E-state index contributed by atoms with van der Waals surface area (Å²) in [5.41, 5.74) is 10.0. The van der Waals surface area contributed by atoms with Crippen molar-refractivity contribution in [3.63, 3.8) is 0 Å². The fraction of sp³-hybridized carbons (Fsp3) is 0.565. The lowest BCUT2D eigenvalue weighted by molar-refractivity contribution is 0.249. The van der Waals surface area contributed by atoms with Crippen molar-refractivity contribution < 1.29 is 0 Å². The maximum atomic E-state index is 6.13. The molecule has 0 radical (unpaired) electrons. The highest BCUT2D eigenvalue weighted by Gasteiger charge is 2.22. The van der Waals surface area contributed by atoms with Gasteiger partial charge in [-0.1, -0.05) is 19.4 Å². The van der Waals surface area contributed by atoms with Gasteiger partial charge in [0, 0.05) is 38.3 Å². The molecule has 9 heteroatoms. The minimum absolute atomic E-state index is 0.385. The number of unbranched alkanes of at least 4 members (excludes halogenated alkanes) is 1. The van der Waals surface area contributed by atoms with Crippen LogP contribution in [0.3, 0.4) is 0 Å². The van der Waals surface area contributed by atoms with Gasteiger partial charge in [0.1, 0.15) is 5.82 Å². The Morgan fingerprint density at radius 1 is 1.19 bits per heavy atom. The van der Waals surface area contributed by atoms with E-state index in [0.717, 1.165) is 49.6 Å². The Bertz CT molecular complexity index is 1050. The highest BCUT2D eigenvalue weighted by Crippen LogP contribution is 2.24. The summed E-state index contributed by atoms with van der Waals surface area (Å²) in [6.07, 6.45) is 9.00. The third kappa shape index (κ3) is 4.77. The van der Waals surface area contributed by atoms with E-state index in [2.05, 4.69) is 64.2 Å². The van der Waals surface area contributed by atoms with Gasteiger partial charge in [-0.15, -0.1) is 5.10 Å². The zero-order valence-corrected chi connectivity index (χ0v) is 19.7. The Hall–Kier alpha value is -2.94. The molecule has 0 aliphatic carbocycles. The van der Waals surface area contributed by atoms with Gasteiger partial charge in [0.25, 0.3) is 0 Å². The summed E-state index contributed by atoms with van der Waals surface area (Å²) in [7, 11) is 4.34. The van der Waals surface area contributed by atoms with Crippen LogP contribution >= 0.6 is 0 Å². The number of anilines is 3. The van der Waals surface area contributed by atoms with Crippen molar-refractivity contribution in [3.8, 4) is 0 Å². The summed E-state index contributed by atoms with van der Waals surface area (Å²) in [5.74, 6) is 2.02. The summed E-state index contributed by atoms with van der Waals surface area (Å²) in [4.78, 5) is 18.4. The molecule has 3 N–H and O–H groups in total. The maximum Gasteiger partial charge on any atom is 0.243 e. The monoisotopic (exact) mass is 437 g/mol. The average molecular weight is 438 g/mol. The molecule has 32 heavy (non-hydrogen) atoms. The Morgan fingerprint density at radius 2 is 1.97 bits per heavy atom. The number of hydrogen-bond donors (Lipinski definition) is 2. The van der Waals surface area contributed by atoms with Crippen molar-refractivity contribution in [2.45, 2.75) is 52.0 Å². The molecule has 0 bridgehead atoms. The molecule has 0 amide bonds. The van der Waals surface area contributed by atoms with Crippen LogP contribution in [-0.4, -0.2) is 69.2 Å². The molecule has 172 valence electrons. The van der Waals surface area contributed by atoms with Gasteiger partial charge in [-0.2, -0.15) is 4.98 Å². The molecule has 0 saturated carbocycles. The zero-order chi connectivity index (χ0) is 22.7. The van der Waals surface area contributed by atoms with E-state index in [1.54, 1.807) is 4.52 Å². The van der Waals surface area contributed by atoms with Crippen LogP contribution in [0.15, 0.2) is 18.5 Å². The predicted octanol–water partition coefficient (Wildman–Crippen LogP) is 2.74. The summed E-state index contributed by atoms with van der Waals surface area (Å²) in [6, 6.07) is 2.89. The lowest BCUT2D eigenvalue weighted by atomic mass is 10.0. The number of rotatable bonds is 8. The van der Waals surface area contributed by atoms with Crippen LogP contribution in [0.2, 0.25) is 0 Å². The number of fused-ring (bicyclic) bond motifs is 1. The molecule has 1 fully saturated rings. The minimum Gasteiger partial charge on any atom is -0.380 e. The second-order valence-corrected chi connectivity index (χ2v) is 8.93.